The highest BCUT2D eigenvalue weighted by atomic mass is 32.3. The van der Waals surface area contributed by atoms with E-state index in [0.29, 0.717) is 6.07 Å². The fourth-order valence-electron chi connectivity index (χ4n) is 1.59. The monoisotopic (exact) mass is 325 g/mol. The molecule has 0 aromatic heterocycles. The predicted octanol–water partition coefficient (Wildman–Crippen LogP) is 1.41. The molecule has 0 amide bonds. The van der Waals surface area contributed by atoms with Crippen LogP contribution in [0.15, 0.2) is 29.2 Å². The summed E-state index contributed by atoms with van der Waals surface area (Å²) >= 11 is 0. The van der Waals surface area contributed by atoms with Crippen molar-refractivity contribution in [2.75, 3.05) is 13.6 Å². The van der Waals surface area contributed by atoms with Crippen molar-refractivity contribution in [1.82, 2.24) is 4.31 Å². The van der Waals surface area contributed by atoms with E-state index in [2.05, 4.69) is 0 Å². The smallest absolute Gasteiger partial charge is 0.416 e. The van der Waals surface area contributed by atoms with E-state index >= 15 is 0 Å². The molecule has 0 aliphatic carbocycles. The number of hydrogen-bond acceptors (Lipinski definition) is 3. The van der Waals surface area contributed by atoms with Gasteiger partial charge in [-0.3, -0.25) is 0 Å². The van der Waals surface area contributed by atoms with Crippen molar-refractivity contribution < 1.29 is 31.8 Å². The fraction of sp³-hybridized carbons (Fsp3) is 0.417. The Morgan fingerprint density at radius 2 is 2.05 bits per heavy atom. The van der Waals surface area contributed by atoms with Crippen molar-refractivity contribution in [2.45, 2.75) is 23.9 Å². The minimum absolute atomic E-state index is 0.0509. The molecule has 9 heteroatoms. The number of carbonyl (C=O) groups is 1. The van der Waals surface area contributed by atoms with Crippen LogP contribution < -0.4 is 5.11 Å². The number of rotatable bonds is 6. The second kappa shape index (κ2) is 6.54. The number of halogens is 3. The number of hydrogen-bond donors (Lipinski definition) is 1. The van der Waals surface area contributed by atoms with Gasteiger partial charge in [-0.25, -0.2) is 0 Å². The summed E-state index contributed by atoms with van der Waals surface area (Å²) in [7, 11) is -2.62. The molecule has 0 spiro atoms. The first-order valence-electron chi connectivity index (χ1n) is 5.90. The van der Waals surface area contributed by atoms with Crippen LogP contribution in [0.3, 0.4) is 0 Å². The number of alkyl halides is 3. The molecule has 0 saturated heterocycles. The van der Waals surface area contributed by atoms with Gasteiger partial charge in [0.25, 0.3) is 0 Å². The van der Waals surface area contributed by atoms with Gasteiger partial charge in [0.15, 0.2) is 0 Å². The summed E-state index contributed by atoms with van der Waals surface area (Å²) < 4.78 is 60.8. The average Bonchev–Trinajstić information content (AvgIpc) is 2.37. The summed E-state index contributed by atoms with van der Waals surface area (Å²) in [5.41, 5.74) is -1.02. The van der Waals surface area contributed by atoms with Gasteiger partial charge in [-0.2, -0.15) is 17.7 Å². The summed E-state index contributed by atoms with van der Waals surface area (Å²) in [6.07, 6.45) is -4.86. The van der Waals surface area contributed by atoms with Crippen LogP contribution in [0.5, 0.6) is 0 Å². The minimum atomic E-state index is -4.61. The zero-order valence-corrected chi connectivity index (χ0v) is 11.9. The Labute approximate surface area is 120 Å². The molecule has 1 unspecified atom stereocenters. The van der Waals surface area contributed by atoms with E-state index < -0.39 is 28.1 Å². The first-order valence-corrected chi connectivity index (χ1v) is 7.37. The number of benzene rings is 1. The summed E-state index contributed by atoms with van der Waals surface area (Å²) in [6, 6.07) is 3.57. The van der Waals surface area contributed by atoms with Crippen LogP contribution in [-0.4, -0.2) is 28.4 Å². The lowest BCUT2D eigenvalue weighted by Gasteiger charge is -2.16. The van der Waals surface area contributed by atoms with Crippen LogP contribution >= 0.6 is 0 Å². The summed E-state index contributed by atoms with van der Waals surface area (Å²) in [5, 5.41) is 10.3. The summed E-state index contributed by atoms with van der Waals surface area (Å²) in [5.74, 6) is -1.30. The number of carbonyl (C=O) groups excluding carboxylic acids is 1. The molecular formula is C12H14F3NO4S. The van der Waals surface area contributed by atoms with Gasteiger partial charge in [0.1, 0.15) is 0 Å². The van der Waals surface area contributed by atoms with Crippen molar-refractivity contribution in [3.05, 3.63) is 29.8 Å². The molecule has 21 heavy (non-hydrogen) atoms. The van der Waals surface area contributed by atoms with E-state index in [9.17, 15) is 31.8 Å². The van der Waals surface area contributed by atoms with Crippen LogP contribution in [0.4, 0.5) is 13.2 Å². The Hall–Kier alpha value is -1.45. The van der Waals surface area contributed by atoms with E-state index in [0.717, 1.165) is 22.5 Å². The van der Waals surface area contributed by atoms with Gasteiger partial charge in [-0.05, 0) is 29.2 Å². The Balaban J connectivity index is 2.91. The third kappa shape index (κ3) is 4.80. The second-order valence-corrected chi connectivity index (χ2v) is 6.44. The second-order valence-electron chi connectivity index (χ2n) is 4.35. The summed E-state index contributed by atoms with van der Waals surface area (Å²) in [6.45, 7) is -0.0699. The van der Waals surface area contributed by atoms with Crippen molar-refractivity contribution >= 4 is 16.4 Å². The zero-order chi connectivity index (χ0) is 16.3. The van der Waals surface area contributed by atoms with Crippen LogP contribution in [0.2, 0.25) is 0 Å². The Kier molecular flexibility index (Phi) is 5.48. The highest BCUT2D eigenvalue weighted by molar-refractivity contribution is 7.95. The van der Waals surface area contributed by atoms with Crippen molar-refractivity contribution in [3.8, 4) is 0 Å². The van der Waals surface area contributed by atoms with Crippen LogP contribution in [0, 0.1) is 0 Å². The molecule has 1 aromatic carbocycles. The highest BCUT2D eigenvalue weighted by Gasteiger charge is 2.38. The number of carboxylic acids is 1. The molecule has 1 rings (SSSR count). The first-order chi connectivity index (χ1) is 9.55. The van der Waals surface area contributed by atoms with Crippen molar-refractivity contribution in [3.63, 3.8) is 0 Å². The molecule has 0 radical (unpaired) electrons. The van der Waals surface area contributed by atoms with Crippen molar-refractivity contribution in [2.24, 2.45) is 0 Å². The third-order valence-electron chi connectivity index (χ3n) is 2.74. The molecule has 118 valence electrons. The largest absolute Gasteiger partial charge is 0.550 e. The number of aliphatic carboxylic acids is 1. The van der Waals surface area contributed by atoms with E-state index in [1.807, 2.05) is 0 Å². The van der Waals surface area contributed by atoms with Crippen LogP contribution in [0.25, 0.3) is 0 Å². The van der Waals surface area contributed by atoms with Gasteiger partial charge in [-0.15, -0.1) is 0 Å². The summed E-state index contributed by atoms with van der Waals surface area (Å²) in [4.78, 5) is 9.89. The van der Waals surface area contributed by atoms with E-state index in [-0.39, 0.29) is 24.3 Å². The minimum Gasteiger partial charge on any atom is -0.550 e. The third-order valence-corrected chi connectivity index (χ3v) is 4.64. The topological polar surface area (TPSA) is 80.7 Å². The molecule has 0 saturated carbocycles. The van der Waals surface area contributed by atoms with Gasteiger partial charge >= 0.3 is 16.6 Å². The highest BCUT2D eigenvalue weighted by Crippen LogP contribution is 2.32. The lowest BCUT2D eigenvalue weighted by atomic mass is 10.2. The zero-order valence-electron chi connectivity index (χ0n) is 11.1. The predicted molar refractivity (Wildman–Crippen MR) is 67.3 cm³/mol. The molecule has 0 aliphatic rings. The maximum absolute atomic E-state index is 12.6. The van der Waals surface area contributed by atoms with E-state index in [1.54, 1.807) is 0 Å². The molecule has 1 N–H and O–H groups in total. The lowest BCUT2D eigenvalue weighted by Crippen LogP contribution is -2.34. The van der Waals surface area contributed by atoms with E-state index in [4.69, 9.17) is 0 Å². The first kappa shape index (κ1) is 17.6. The molecule has 1 aromatic rings. The maximum atomic E-state index is 12.6. The maximum Gasteiger partial charge on any atom is 0.416 e. The van der Waals surface area contributed by atoms with Crippen LogP contribution in [-0.2, 0) is 25.6 Å². The molecule has 0 bridgehead atoms. The average molecular weight is 325 g/mol. The number of nitrogens with zero attached hydrogens (tertiary/aromatic N) is 1. The Morgan fingerprint density at radius 3 is 2.57 bits per heavy atom. The van der Waals surface area contributed by atoms with Gasteiger partial charge in [0, 0.05) is 25.6 Å². The number of carboxylic acid groups (broad SMARTS) is 1. The molecule has 1 atom stereocenters. The Morgan fingerprint density at radius 1 is 1.43 bits per heavy atom. The normalized spacial score (nSPS) is 15.0. The fourth-order valence-corrected chi connectivity index (χ4v) is 2.86. The van der Waals surface area contributed by atoms with Gasteiger partial charge in [0.05, 0.1) is 5.56 Å². The quantitative estimate of drug-likeness (QED) is 0.802. The SMILES string of the molecule is CN(CCCC(=O)[O-])[S+](=O)(O)c1cccc(C(F)(F)F)c1. The van der Waals surface area contributed by atoms with Crippen molar-refractivity contribution in [1.29, 1.82) is 0 Å². The molecule has 0 aliphatic heterocycles. The molecule has 0 heterocycles. The molecule has 0 fully saturated rings. The Bertz CT molecular complexity index is 562. The van der Waals surface area contributed by atoms with Gasteiger partial charge in [-0.1, -0.05) is 10.4 Å². The molecule has 5 nitrogen and oxygen atoms in total. The van der Waals surface area contributed by atoms with Gasteiger partial charge in [0.2, 0.25) is 4.90 Å². The van der Waals surface area contributed by atoms with Crippen LogP contribution in [0.1, 0.15) is 18.4 Å². The lowest BCUT2D eigenvalue weighted by molar-refractivity contribution is -0.305. The standard InChI is InChI=1S/C12H14F3NO4S/c1-16(7-3-6-11(17)18)21(19,20)10-5-2-4-9(8-10)12(13,14)15/h2,4-5,8H,3,6-7H2,1H3,(H-,17,18,19,20). The van der Waals surface area contributed by atoms with E-state index in [1.165, 1.54) is 7.05 Å². The molecular weight excluding hydrogens is 311 g/mol. The van der Waals surface area contributed by atoms with Gasteiger partial charge < -0.3 is 9.90 Å².